The van der Waals surface area contributed by atoms with Gasteiger partial charge in [0.25, 0.3) is 0 Å². The maximum absolute atomic E-state index is 6.92. The van der Waals surface area contributed by atoms with E-state index >= 15 is 0 Å². The zero-order chi connectivity index (χ0) is 2.00. The van der Waals surface area contributed by atoms with Gasteiger partial charge in [-0.1, -0.05) is 0 Å². The average molecular weight is 267 g/mol. The molecule has 0 aromatic rings. The Bertz CT molecular complexity index is 16.4. The molecule has 0 aromatic carbocycles. The van der Waals surface area contributed by atoms with E-state index in [0.29, 0.717) is 0 Å². The molecule has 0 bridgehead atoms. The summed E-state index contributed by atoms with van der Waals surface area (Å²) in [7, 11) is 1.42. The third kappa shape index (κ3) is 18.8. The van der Waals surface area contributed by atoms with Crippen LogP contribution in [0.15, 0.2) is 0 Å². The molecule has 0 amide bonds. The standard InChI is InChI=1S/Al.Ca.Eu.HNSi.5H/c;;;1-2;;;;;/h;;;2H;;;;;. The van der Waals surface area contributed by atoms with E-state index in [1.807, 2.05) is 0 Å². The maximum atomic E-state index is 6.92. The van der Waals surface area contributed by atoms with Crippen LogP contribution in [0, 0.1) is 54.3 Å². The predicted molar refractivity (Wildman–Crippen MR) is 27.4 cm³/mol. The summed E-state index contributed by atoms with van der Waals surface area (Å²) >= 11 is 0. The van der Waals surface area contributed by atoms with E-state index in [9.17, 15) is 0 Å². The fourth-order valence-corrected chi connectivity index (χ4v) is 0. The molecular weight excluding hydrogens is 261 g/mol. The molecule has 27 valence electrons. The van der Waals surface area contributed by atoms with Gasteiger partial charge in [-0.05, 0) is 0 Å². The Labute approximate surface area is 116 Å². The quantitative estimate of drug-likeness (QED) is 0.437. The summed E-state index contributed by atoms with van der Waals surface area (Å²) in [6, 6.07) is 0. The van der Waals surface area contributed by atoms with Gasteiger partial charge in [-0.15, -0.1) is 0 Å². The second kappa shape index (κ2) is 26.6. The van der Waals surface area contributed by atoms with Gasteiger partial charge in [0.1, 0.15) is 0 Å². The summed E-state index contributed by atoms with van der Waals surface area (Å²) in [5.41, 5.74) is 0. The van der Waals surface area contributed by atoms with Crippen molar-refractivity contribution < 1.29 is 49.4 Å². The van der Waals surface area contributed by atoms with Gasteiger partial charge in [-0.3, -0.25) is 4.89 Å². The molecule has 0 aromatic heterocycles. The van der Waals surface area contributed by atoms with Crippen LogP contribution in [0.4, 0.5) is 0 Å². The Morgan fingerprint density at radius 3 is 1.20 bits per heavy atom. The first-order valence-corrected chi connectivity index (χ1v) is 0.775. The van der Waals surface area contributed by atoms with E-state index in [-0.39, 0.29) is 104 Å². The third-order valence-electron chi connectivity index (χ3n) is 0. The van der Waals surface area contributed by atoms with E-state index < -0.39 is 0 Å². The Balaban J connectivity index is -0.00000000167. The molecule has 0 heterocycles. The van der Waals surface area contributed by atoms with Gasteiger partial charge in [-0.25, -0.2) is 0 Å². The van der Waals surface area contributed by atoms with Crippen LogP contribution in [0.2, 0.25) is 0 Å². The van der Waals surface area contributed by atoms with Crippen LogP contribution in [0.25, 0.3) is 0 Å². The van der Waals surface area contributed by atoms with Crippen molar-refractivity contribution in [2.24, 2.45) is 0 Å². The van der Waals surface area contributed by atoms with Crippen LogP contribution >= 0.6 is 0 Å². The van der Waals surface area contributed by atoms with Crippen molar-refractivity contribution in [2.75, 3.05) is 0 Å². The second-order valence-electron chi connectivity index (χ2n) is 0. The van der Waals surface area contributed by atoms with Gasteiger partial charge >= 0.3 is 37.7 Å². The Hall–Kier alpha value is 3.30. The first kappa shape index (κ1) is 23.9. The third-order valence-corrected chi connectivity index (χ3v) is 0. The van der Waals surface area contributed by atoms with Gasteiger partial charge in [0, 0.05) is 49.4 Å². The summed E-state index contributed by atoms with van der Waals surface area (Å²) < 4.78 is 0. The van der Waals surface area contributed by atoms with E-state index in [1.165, 1.54) is 9.88 Å². The summed E-state index contributed by atoms with van der Waals surface area (Å²) in [4.78, 5) is 6.92. The molecule has 0 fully saturated rings. The predicted octanol–water partition coefficient (Wildman–Crippen LogP) is -2.73. The minimum Gasteiger partial charge on any atom is 0 e. The zero-order valence-corrected chi connectivity index (χ0v) is 4.98. The molecule has 0 aliphatic carbocycles. The van der Waals surface area contributed by atoms with Crippen molar-refractivity contribution in [3.63, 3.8) is 0 Å². The van der Waals surface area contributed by atoms with Crippen molar-refractivity contribution in [3.8, 4) is 0 Å². The van der Waals surface area contributed by atoms with Crippen molar-refractivity contribution in [3.05, 3.63) is 0 Å². The van der Waals surface area contributed by atoms with Crippen molar-refractivity contribution in [1.82, 2.24) is 0 Å². The van der Waals surface area contributed by atoms with Crippen LogP contribution in [0.3, 0.4) is 0 Å². The van der Waals surface area contributed by atoms with Gasteiger partial charge in [-0.2, -0.15) is 0 Å². The molecule has 1 nitrogen and oxygen atoms in total. The number of nitrogens with zero attached hydrogens (tertiary/aromatic N) is 1. The van der Waals surface area contributed by atoms with Gasteiger partial charge in [0.05, 0.1) is 0 Å². The normalized spacial score (nSPS) is 0.400. The molecule has 0 rings (SSSR count). The van der Waals surface area contributed by atoms with Crippen LogP contribution in [-0.4, -0.2) is 65.0 Å². The molecule has 0 N–H and O–H groups in total. The molecule has 0 aliphatic heterocycles. The molecule has 0 aliphatic rings. The maximum Gasteiger partial charge on any atom is 0 e. The van der Waals surface area contributed by atoms with Gasteiger partial charge in [0.2, 0.25) is 0 Å². The van der Waals surface area contributed by atoms with E-state index in [0.717, 1.165) is 0 Å². The Morgan fingerprint density at radius 1 is 1.20 bits per heavy atom. The largest absolute Gasteiger partial charge is 0 e. The average Bonchev–Trinajstić information content (AvgIpc) is 1.00. The molecule has 0 spiro atoms. The summed E-state index contributed by atoms with van der Waals surface area (Å²) in [6.07, 6.45) is 0. The van der Waals surface area contributed by atoms with Crippen molar-refractivity contribution >= 4 is 65.0 Å². The first-order valence-electron chi connectivity index (χ1n) is 0.258. The van der Waals surface area contributed by atoms with E-state index in [4.69, 9.17) is 4.89 Å². The van der Waals surface area contributed by atoms with E-state index in [2.05, 4.69) is 0 Å². The monoisotopic (exact) mass is 268 g/mol. The molecule has 0 saturated heterocycles. The van der Waals surface area contributed by atoms with Crippen LogP contribution in [0.5, 0.6) is 0 Å². The molecule has 0 atom stereocenters. The molecule has 0 unspecified atom stereocenters. The molecular formula is H6AlCaEuNSi. The van der Waals surface area contributed by atoms with Crippen molar-refractivity contribution in [2.45, 2.75) is 0 Å². The topological polar surface area (TPSA) is 23.8 Å². The van der Waals surface area contributed by atoms with Gasteiger partial charge in [0.15, 0.2) is 27.2 Å². The number of hydrogen-bond acceptors (Lipinski definition) is 1. The van der Waals surface area contributed by atoms with Crippen LogP contribution in [0.1, 0.15) is 0 Å². The van der Waals surface area contributed by atoms with E-state index in [1.54, 1.807) is 0 Å². The van der Waals surface area contributed by atoms with Gasteiger partial charge < -0.3 is 0 Å². The molecule has 5 heavy (non-hydrogen) atoms. The number of hydrogen-bond donors (Lipinski definition) is 0. The minimum atomic E-state index is 0. The molecule has 1 radical (unpaired) electrons. The fraction of sp³-hybridized carbons (Fsp3) is 0. The summed E-state index contributed by atoms with van der Waals surface area (Å²) in [6.45, 7) is 0. The first-order chi connectivity index (χ1) is 1.00. The molecule has 5 heteroatoms. The van der Waals surface area contributed by atoms with Crippen LogP contribution < -0.4 is 0 Å². The van der Waals surface area contributed by atoms with Crippen LogP contribution in [-0.2, 0) is 0 Å². The Morgan fingerprint density at radius 2 is 1.20 bits per heavy atom. The SMILES string of the molecule is N#[SiH].[AlH3].[CaH2].[Eu]. The number of rotatable bonds is 0. The fourth-order valence-electron chi connectivity index (χ4n) is 0. The summed E-state index contributed by atoms with van der Waals surface area (Å²) in [5.74, 6) is 0. The molecule has 0 saturated carbocycles. The second-order valence-corrected chi connectivity index (χ2v) is 0. The zero-order valence-electron chi connectivity index (χ0n) is 1.40. The Kier molecular flexibility index (Phi) is 127. The smallest absolute Gasteiger partial charge is 0 e. The summed E-state index contributed by atoms with van der Waals surface area (Å²) in [5, 5.41) is 0. The van der Waals surface area contributed by atoms with Crippen molar-refractivity contribution in [1.29, 1.82) is 4.89 Å². The minimum absolute atomic E-state index is 0.